The summed E-state index contributed by atoms with van der Waals surface area (Å²) in [5, 5.41) is 13.2. The van der Waals surface area contributed by atoms with Crippen molar-refractivity contribution in [3.63, 3.8) is 0 Å². The predicted molar refractivity (Wildman–Crippen MR) is 110 cm³/mol. The van der Waals surface area contributed by atoms with Crippen molar-refractivity contribution >= 4 is 22.8 Å². The van der Waals surface area contributed by atoms with Gasteiger partial charge in [0.25, 0.3) is 0 Å². The maximum atomic E-state index is 12.8. The molecule has 0 unspecified atom stereocenters. The topological polar surface area (TPSA) is 98.3 Å². The molecule has 156 valence electrons. The zero-order valence-electron chi connectivity index (χ0n) is 17.4. The number of hydrogen-bond donors (Lipinski definition) is 3. The number of benzene rings is 1. The van der Waals surface area contributed by atoms with E-state index in [0.717, 1.165) is 23.3 Å². The Morgan fingerprint density at radius 1 is 1.24 bits per heavy atom. The summed E-state index contributed by atoms with van der Waals surface area (Å²) >= 11 is 0. The molecule has 2 amide bonds. The van der Waals surface area contributed by atoms with Crippen LogP contribution in [0.2, 0.25) is 0 Å². The minimum absolute atomic E-state index is 0.116. The summed E-state index contributed by atoms with van der Waals surface area (Å²) in [6.07, 6.45) is 1.86. The fraction of sp³-hybridized carbons (Fsp3) is 0.591. The number of aliphatic hydroxyl groups excluding tert-OH is 1. The van der Waals surface area contributed by atoms with Gasteiger partial charge in [-0.15, -0.1) is 0 Å². The van der Waals surface area contributed by atoms with Gasteiger partial charge in [-0.1, -0.05) is 6.07 Å². The molecular formula is C22H30N4O3. The van der Waals surface area contributed by atoms with Gasteiger partial charge in [-0.3, -0.25) is 9.59 Å². The van der Waals surface area contributed by atoms with E-state index < -0.39 is 6.10 Å². The molecule has 2 aliphatic rings. The summed E-state index contributed by atoms with van der Waals surface area (Å²) < 4.78 is 0. The van der Waals surface area contributed by atoms with Crippen LogP contribution >= 0.6 is 0 Å². The second-order valence-corrected chi connectivity index (χ2v) is 8.75. The number of imidazole rings is 1. The Morgan fingerprint density at radius 3 is 2.69 bits per heavy atom. The van der Waals surface area contributed by atoms with Gasteiger partial charge in [0.05, 0.1) is 23.2 Å². The van der Waals surface area contributed by atoms with E-state index >= 15 is 0 Å². The second-order valence-electron chi connectivity index (χ2n) is 8.75. The Hall–Kier alpha value is -2.41. The first-order chi connectivity index (χ1) is 13.8. The first kappa shape index (κ1) is 19.9. The van der Waals surface area contributed by atoms with Crippen molar-refractivity contribution < 1.29 is 14.7 Å². The molecule has 2 fully saturated rings. The van der Waals surface area contributed by atoms with Gasteiger partial charge in [-0.05, 0) is 55.7 Å². The highest BCUT2D eigenvalue weighted by Crippen LogP contribution is 2.36. The predicted octanol–water partition coefficient (Wildman–Crippen LogP) is 1.85. The molecule has 2 aromatic rings. The van der Waals surface area contributed by atoms with Crippen molar-refractivity contribution in [2.24, 2.45) is 11.8 Å². The first-order valence-corrected chi connectivity index (χ1v) is 10.5. The molecular weight excluding hydrogens is 368 g/mol. The molecule has 1 aliphatic carbocycles. The summed E-state index contributed by atoms with van der Waals surface area (Å²) in [6, 6.07) is 3.92. The number of hydrogen-bond acceptors (Lipinski definition) is 4. The normalized spacial score (nSPS) is 26.6. The molecule has 0 bridgehead atoms. The molecule has 1 aliphatic heterocycles. The van der Waals surface area contributed by atoms with Crippen molar-refractivity contribution in [3.05, 3.63) is 29.1 Å². The van der Waals surface area contributed by atoms with E-state index in [4.69, 9.17) is 4.98 Å². The van der Waals surface area contributed by atoms with Gasteiger partial charge in [0.1, 0.15) is 5.82 Å². The van der Waals surface area contributed by atoms with Crippen molar-refractivity contribution in [1.29, 1.82) is 0 Å². The number of carbonyl (C=O) groups excluding carboxylic acids is 2. The number of nitrogens with one attached hydrogen (secondary N) is 2. The molecule has 4 atom stereocenters. The Kier molecular flexibility index (Phi) is 5.34. The van der Waals surface area contributed by atoms with E-state index in [1.54, 1.807) is 0 Å². The van der Waals surface area contributed by atoms with Crippen LogP contribution in [0.5, 0.6) is 0 Å². The van der Waals surface area contributed by atoms with Crippen LogP contribution in [0.1, 0.15) is 43.1 Å². The minimum atomic E-state index is -0.530. The van der Waals surface area contributed by atoms with Gasteiger partial charge >= 0.3 is 0 Å². The van der Waals surface area contributed by atoms with Crippen LogP contribution in [0.25, 0.3) is 11.0 Å². The van der Waals surface area contributed by atoms with Gasteiger partial charge in [0.15, 0.2) is 0 Å². The summed E-state index contributed by atoms with van der Waals surface area (Å²) in [6.45, 7) is 7.04. The minimum Gasteiger partial charge on any atom is -0.391 e. The van der Waals surface area contributed by atoms with E-state index in [1.165, 1.54) is 18.1 Å². The smallest absolute Gasteiger partial charge is 0.223 e. The maximum absolute atomic E-state index is 12.8. The van der Waals surface area contributed by atoms with Crippen LogP contribution in [0.15, 0.2) is 12.1 Å². The van der Waals surface area contributed by atoms with E-state index in [1.807, 2.05) is 11.0 Å². The second kappa shape index (κ2) is 7.78. The number of fused-ring (bicyclic) bond motifs is 2. The Balaban J connectivity index is 1.35. The Labute approximate surface area is 170 Å². The number of amides is 2. The fourth-order valence-corrected chi connectivity index (χ4v) is 4.92. The number of H-pyrrole nitrogens is 1. The summed E-state index contributed by atoms with van der Waals surface area (Å²) in [4.78, 5) is 34.1. The van der Waals surface area contributed by atoms with Crippen LogP contribution in [0, 0.1) is 25.7 Å². The van der Waals surface area contributed by atoms with Gasteiger partial charge in [0, 0.05) is 32.9 Å². The lowest BCUT2D eigenvalue weighted by atomic mass is 9.77. The quantitative estimate of drug-likeness (QED) is 0.732. The van der Waals surface area contributed by atoms with Crippen LogP contribution in [-0.4, -0.2) is 57.0 Å². The molecule has 0 radical (unpaired) electrons. The third-order valence-corrected chi connectivity index (χ3v) is 6.69. The molecule has 2 heterocycles. The third kappa shape index (κ3) is 4.01. The lowest BCUT2D eigenvalue weighted by molar-refractivity contribution is -0.130. The number of likely N-dealkylation sites (tertiary alicyclic amines) is 1. The van der Waals surface area contributed by atoms with Crippen molar-refractivity contribution in [2.45, 2.75) is 58.6 Å². The van der Waals surface area contributed by atoms with Crippen LogP contribution in [0.4, 0.5) is 0 Å². The molecule has 1 aromatic heterocycles. The molecule has 1 aromatic carbocycles. The molecule has 0 spiro atoms. The van der Waals surface area contributed by atoms with Gasteiger partial charge in [-0.25, -0.2) is 4.98 Å². The zero-order valence-corrected chi connectivity index (χ0v) is 17.4. The molecule has 7 heteroatoms. The van der Waals surface area contributed by atoms with Crippen LogP contribution in [-0.2, 0) is 16.0 Å². The average molecular weight is 399 g/mol. The van der Waals surface area contributed by atoms with Crippen molar-refractivity contribution in [2.75, 3.05) is 13.1 Å². The fourth-order valence-electron chi connectivity index (χ4n) is 4.92. The average Bonchev–Trinajstić information content (AvgIpc) is 3.27. The largest absolute Gasteiger partial charge is 0.391 e. The summed E-state index contributed by atoms with van der Waals surface area (Å²) in [5.74, 6) is 1.53. The zero-order chi connectivity index (χ0) is 20.7. The number of rotatable bonds is 4. The summed E-state index contributed by atoms with van der Waals surface area (Å²) in [5.41, 5.74) is 4.39. The molecule has 3 N–H and O–H groups in total. The lowest BCUT2D eigenvalue weighted by Gasteiger charge is -2.35. The van der Waals surface area contributed by atoms with Crippen LogP contribution < -0.4 is 5.32 Å². The number of aromatic amines is 1. The number of carbonyl (C=O) groups is 2. The standard InChI is InChI=1S/C22H30N4O3/c1-12-4-5-17-22(13(12)2)25-20(24-17)6-7-21(29)26-10-15-8-18(23-14(3)27)19(28)9-16(15)11-26/h4-5,15-16,18-19,28H,6-11H2,1-3H3,(H,23,27)(H,24,25)/t15-,16+,18-,19-/m1/s1. The lowest BCUT2D eigenvalue weighted by Crippen LogP contribution is -2.48. The number of nitrogens with zero attached hydrogens (tertiary/aromatic N) is 2. The van der Waals surface area contributed by atoms with Crippen molar-refractivity contribution in [1.82, 2.24) is 20.2 Å². The maximum Gasteiger partial charge on any atom is 0.223 e. The Morgan fingerprint density at radius 2 is 1.97 bits per heavy atom. The molecule has 29 heavy (non-hydrogen) atoms. The van der Waals surface area contributed by atoms with Crippen molar-refractivity contribution in [3.8, 4) is 0 Å². The highest BCUT2D eigenvalue weighted by Gasteiger charge is 2.43. The number of aromatic nitrogens is 2. The van der Waals surface area contributed by atoms with E-state index in [9.17, 15) is 14.7 Å². The number of aliphatic hydroxyl groups is 1. The SMILES string of the molecule is CC(=O)N[C@@H]1C[C@@H]2CN(C(=O)CCc3nc4c(C)c(C)ccc4[nH]3)C[C@@H]2C[C@H]1O. The van der Waals surface area contributed by atoms with Gasteiger partial charge < -0.3 is 20.3 Å². The summed E-state index contributed by atoms with van der Waals surface area (Å²) in [7, 11) is 0. The number of aryl methyl sites for hydroxylation is 3. The van der Waals surface area contributed by atoms with Gasteiger partial charge in [-0.2, -0.15) is 0 Å². The van der Waals surface area contributed by atoms with Crippen LogP contribution in [0.3, 0.4) is 0 Å². The van der Waals surface area contributed by atoms with Gasteiger partial charge in [0.2, 0.25) is 11.8 Å². The van der Waals surface area contributed by atoms with E-state index in [-0.39, 0.29) is 17.9 Å². The molecule has 1 saturated carbocycles. The molecule has 1 saturated heterocycles. The highest BCUT2D eigenvalue weighted by molar-refractivity contribution is 5.80. The first-order valence-electron chi connectivity index (χ1n) is 10.5. The monoisotopic (exact) mass is 398 g/mol. The Bertz CT molecular complexity index is 938. The molecule has 4 rings (SSSR count). The van der Waals surface area contributed by atoms with E-state index in [2.05, 4.69) is 30.2 Å². The molecule has 7 nitrogen and oxygen atoms in total. The third-order valence-electron chi connectivity index (χ3n) is 6.69. The highest BCUT2D eigenvalue weighted by atomic mass is 16.3. The van der Waals surface area contributed by atoms with E-state index in [0.29, 0.717) is 44.2 Å².